The molecule has 0 radical (unpaired) electrons. The van der Waals surface area contributed by atoms with Crippen LogP contribution in [0.5, 0.6) is 0 Å². The smallest absolute Gasteiger partial charge is 0.253 e. The minimum absolute atomic E-state index is 0.0849. The largest absolute Gasteiger partial charge is 0.348 e. The molecule has 5 heteroatoms. The average Bonchev–Trinajstić information content (AvgIpc) is 2.82. The Bertz CT molecular complexity index is 392. The van der Waals surface area contributed by atoms with Gasteiger partial charge in [-0.05, 0) is 12.5 Å². The highest BCUT2D eigenvalue weighted by atomic mass is 16.2. The maximum atomic E-state index is 11.5. The second-order valence-electron chi connectivity index (χ2n) is 3.42. The van der Waals surface area contributed by atoms with E-state index in [9.17, 15) is 9.59 Å². The fourth-order valence-electron chi connectivity index (χ4n) is 1.18. The zero-order chi connectivity index (χ0) is 10.1. The molecule has 2 rings (SSSR count). The summed E-state index contributed by atoms with van der Waals surface area (Å²) in [4.78, 5) is 24.6. The maximum Gasteiger partial charge on any atom is 0.253 e. The molecular weight excluding hydrogens is 182 g/mol. The molecule has 0 bridgehead atoms. The molecule has 1 amide bonds. The highest BCUT2D eigenvalue weighted by Gasteiger charge is 2.34. The number of amides is 1. The number of hydrogen-bond acceptors (Lipinski definition) is 3. The van der Waals surface area contributed by atoms with Crippen LogP contribution in [0.3, 0.4) is 0 Å². The van der Waals surface area contributed by atoms with Gasteiger partial charge in [-0.1, -0.05) is 0 Å². The summed E-state index contributed by atoms with van der Waals surface area (Å²) in [5.74, 6) is -0.195. The third kappa shape index (κ3) is 1.82. The molecule has 0 saturated heterocycles. The van der Waals surface area contributed by atoms with Gasteiger partial charge in [-0.15, -0.1) is 0 Å². The van der Waals surface area contributed by atoms with E-state index in [-0.39, 0.29) is 23.6 Å². The molecule has 2 unspecified atom stereocenters. The van der Waals surface area contributed by atoms with Crippen molar-refractivity contribution in [2.45, 2.75) is 18.5 Å². The van der Waals surface area contributed by atoms with E-state index in [1.807, 2.05) is 0 Å². The van der Waals surface area contributed by atoms with Crippen LogP contribution in [0, 0.1) is 0 Å². The molecule has 4 N–H and O–H groups in total. The van der Waals surface area contributed by atoms with E-state index in [4.69, 9.17) is 5.73 Å². The molecule has 14 heavy (non-hydrogen) atoms. The van der Waals surface area contributed by atoms with Crippen molar-refractivity contribution in [1.82, 2.24) is 10.3 Å². The number of carbonyl (C=O) groups is 1. The lowest BCUT2D eigenvalue weighted by Gasteiger charge is -2.02. The number of rotatable bonds is 2. The molecule has 0 aromatic carbocycles. The van der Waals surface area contributed by atoms with Gasteiger partial charge in [0.05, 0.1) is 5.56 Å². The molecule has 0 aliphatic heterocycles. The highest BCUT2D eigenvalue weighted by Crippen LogP contribution is 2.18. The van der Waals surface area contributed by atoms with E-state index < -0.39 is 0 Å². The average molecular weight is 193 g/mol. The van der Waals surface area contributed by atoms with Gasteiger partial charge in [0.1, 0.15) is 0 Å². The van der Waals surface area contributed by atoms with Gasteiger partial charge < -0.3 is 16.0 Å². The van der Waals surface area contributed by atoms with Crippen molar-refractivity contribution in [2.75, 3.05) is 0 Å². The van der Waals surface area contributed by atoms with Crippen molar-refractivity contribution in [2.24, 2.45) is 5.73 Å². The van der Waals surface area contributed by atoms with Gasteiger partial charge >= 0.3 is 0 Å². The number of nitrogens with two attached hydrogens (primary N) is 1. The molecule has 74 valence electrons. The molecule has 1 heterocycles. The molecule has 1 aromatic heterocycles. The van der Waals surface area contributed by atoms with Crippen LogP contribution in [-0.2, 0) is 0 Å². The molecule has 0 spiro atoms. The van der Waals surface area contributed by atoms with Gasteiger partial charge in [0.15, 0.2) is 0 Å². The number of carbonyl (C=O) groups excluding carboxylic acids is 1. The van der Waals surface area contributed by atoms with Gasteiger partial charge in [0.25, 0.3) is 5.91 Å². The molecule has 1 aliphatic rings. The van der Waals surface area contributed by atoms with E-state index in [1.54, 1.807) is 0 Å². The van der Waals surface area contributed by atoms with Crippen LogP contribution >= 0.6 is 0 Å². The van der Waals surface area contributed by atoms with E-state index in [0.29, 0.717) is 5.56 Å². The summed E-state index contributed by atoms with van der Waals surface area (Å²) in [5.41, 5.74) is 5.77. The molecular formula is C9H11N3O2. The van der Waals surface area contributed by atoms with Gasteiger partial charge in [0.2, 0.25) is 5.56 Å². The Kier molecular flexibility index (Phi) is 2.09. The van der Waals surface area contributed by atoms with Crippen molar-refractivity contribution in [3.63, 3.8) is 0 Å². The molecule has 1 aliphatic carbocycles. The van der Waals surface area contributed by atoms with Crippen LogP contribution in [0.1, 0.15) is 16.8 Å². The lowest BCUT2D eigenvalue weighted by Crippen LogP contribution is -2.30. The summed E-state index contributed by atoms with van der Waals surface area (Å²) in [6.07, 6.45) is 2.22. The lowest BCUT2D eigenvalue weighted by molar-refractivity contribution is 0.0950. The Morgan fingerprint density at radius 1 is 1.57 bits per heavy atom. The zero-order valence-corrected chi connectivity index (χ0v) is 7.49. The predicted molar refractivity (Wildman–Crippen MR) is 50.9 cm³/mol. The fourth-order valence-corrected chi connectivity index (χ4v) is 1.18. The van der Waals surface area contributed by atoms with Crippen LogP contribution in [0.15, 0.2) is 23.1 Å². The van der Waals surface area contributed by atoms with E-state index >= 15 is 0 Å². The summed E-state index contributed by atoms with van der Waals surface area (Å²) in [5, 5.41) is 2.75. The number of pyridine rings is 1. The van der Waals surface area contributed by atoms with Crippen molar-refractivity contribution in [1.29, 1.82) is 0 Å². The van der Waals surface area contributed by atoms with Gasteiger partial charge in [0, 0.05) is 24.3 Å². The number of H-pyrrole nitrogens is 1. The second kappa shape index (κ2) is 3.26. The third-order valence-electron chi connectivity index (χ3n) is 2.20. The second-order valence-corrected chi connectivity index (χ2v) is 3.42. The first-order valence-electron chi connectivity index (χ1n) is 4.42. The van der Waals surface area contributed by atoms with E-state index in [0.717, 1.165) is 6.42 Å². The van der Waals surface area contributed by atoms with Crippen LogP contribution in [0.25, 0.3) is 0 Å². The summed E-state index contributed by atoms with van der Waals surface area (Å²) in [7, 11) is 0. The minimum Gasteiger partial charge on any atom is -0.348 e. The fraction of sp³-hybridized carbons (Fsp3) is 0.333. The number of hydrogen-bond donors (Lipinski definition) is 3. The van der Waals surface area contributed by atoms with Gasteiger partial charge in [-0.25, -0.2) is 0 Å². The Labute approximate surface area is 80.3 Å². The van der Waals surface area contributed by atoms with Crippen LogP contribution in [-0.4, -0.2) is 23.0 Å². The molecule has 2 atom stereocenters. The highest BCUT2D eigenvalue weighted by molar-refractivity contribution is 5.94. The first-order valence-corrected chi connectivity index (χ1v) is 4.42. The quantitative estimate of drug-likeness (QED) is 0.574. The summed E-state index contributed by atoms with van der Waals surface area (Å²) < 4.78 is 0. The topological polar surface area (TPSA) is 88.0 Å². The van der Waals surface area contributed by atoms with E-state index in [2.05, 4.69) is 10.3 Å². The monoisotopic (exact) mass is 193 g/mol. The zero-order valence-electron chi connectivity index (χ0n) is 7.49. The van der Waals surface area contributed by atoms with Crippen LogP contribution in [0.2, 0.25) is 0 Å². The molecule has 1 aromatic rings. The van der Waals surface area contributed by atoms with E-state index in [1.165, 1.54) is 18.3 Å². The summed E-state index contributed by atoms with van der Waals surface area (Å²) >= 11 is 0. The van der Waals surface area contributed by atoms with Gasteiger partial charge in [-0.2, -0.15) is 0 Å². The standard InChI is InChI=1S/C9H11N3O2/c10-6-3-7(6)12-9(14)5-1-2-8(13)11-4-5/h1-2,4,6-7H,3,10H2,(H,11,13)(H,12,14). The van der Waals surface area contributed by atoms with Crippen molar-refractivity contribution in [3.8, 4) is 0 Å². The SMILES string of the molecule is NC1CC1NC(=O)c1ccc(=O)[nH]c1. The van der Waals surface area contributed by atoms with Crippen molar-refractivity contribution in [3.05, 3.63) is 34.2 Å². The Hall–Kier alpha value is -1.62. The number of aromatic nitrogens is 1. The van der Waals surface area contributed by atoms with Crippen LogP contribution < -0.4 is 16.6 Å². The Morgan fingerprint density at radius 3 is 2.79 bits per heavy atom. The molecule has 5 nitrogen and oxygen atoms in total. The summed E-state index contributed by atoms with van der Waals surface area (Å²) in [6.45, 7) is 0. The normalized spacial score (nSPS) is 24.4. The van der Waals surface area contributed by atoms with Crippen molar-refractivity contribution < 1.29 is 4.79 Å². The maximum absolute atomic E-state index is 11.5. The Morgan fingerprint density at radius 2 is 2.29 bits per heavy atom. The first-order chi connectivity index (χ1) is 6.66. The molecule has 1 fully saturated rings. The first kappa shape index (κ1) is 8.96. The van der Waals surface area contributed by atoms with Crippen LogP contribution in [0.4, 0.5) is 0 Å². The minimum atomic E-state index is -0.218. The lowest BCUT2D eigenvalue weighted by atomic mass is 10.2. The Balaban J connectivity index is 2.04. The number of aromatic amines is 1. The predicted octanol–water partition coefficient (Wildman–Crippen LogP) is -0.796. The number of nitrogens with one attached hydrogen (secondary N) is 2. The van der Waals surface area contributed by atoms with Crippen molar-refractivity contribution >= 4 is 5.91 Å². The summed E-state index contributed by atoms with van der Waals surface area (Å²) in [6, 6.07) is 2.99. The van der Waals surface area contributed by atoms with Gasteiger partial charge in [-0.3, -0.25) is 9.59 Å². The molecule has 1 saturated carbocycles. The third-order valence-corrected chi connectivity index (χ3v) is 2.20.